The molecule has 3 rings (SSSR count). The Hall–Kier alpha value is -1.74. The van der Waals surface area contributed by atoms with Crippen LogP contribution in [0.1, 0.15) is 37.1 Å². The van der Waals surface area contributed by atoms with Crippen LogP contribution in [0.15, 0.2) is 52.1 Å². The fourth-order valence-corrected chi connectivity index (χ4v) is 3.38. The first-order valence-electron chi connectivity index (χ1n) is 9.72. The Bertz CT molecular complexity index is 698. The molecule has 1 unspecified atom stereocenters. The highest BCUT2D eigenvalue weighted by Gasteiger charge is 2.25. The zero-order chi connectivity index (χ0) is 18.9. The van der Waals surface area contributed by atoms with Crippen molar-refractivity contribution in [2.45, 2.75) is 32.4 Å². The second-order valence-corrected chi connectivity index (χ2v) is 6.70. The molecule has 0 amide bonds. The van der Waals surface area contributed by atoms with Crippen molar-refractivity contribution in [3.63, 3.8) is 0 Å². The highest BCUT2D eigenvalue weighted by atomic mass is 127. The molecule has 0 radical (unpaired) electrons. The molecule has 0 spiro atoms. The van der Waals surface area contributed by atoms with Gasteiger partial charge in [-0.25, -0.2) is 4.99 Å². The number of nitrogens with zero attached hydrogens (tertiary/aromatic N) is 2. The molecule has 2 heterocycles. The molecule has 1 aliphatic rings. The van der Waals surface area contributed by atoms with Crippen molar-refractivity contribution in [1.29, 1.82) is 0 Å². The summed E-state index contributed by atoms with van der Waals surface area (Å²) < 4.78 is 10.9. The van der Waals surface area contributed by atoms with Gasteiger partial charge in [-0.1, -0.05) is 12.1 Å². The standard InChI is InChI=1S/C21H30N4O2.HI/c1-3-22-21(23-15-17-8-10-18(26-2)11-9-17)24-16-19(20-7-6-14-27-20)25-12-4-5-13-25;/h6-11,14,19H,3-5,12-13,15-16H2,1-2H3,(H2,22,23,24);1H. The van der Waals surface area contributed by atoms with Crippen LogP contribution < -0.4 is 15.4 Å². The van der Waals surface area contributed by atoms with Gasteiger partial charge in [-0.2, -0.15) is 0 Å². The molecule has 1 saturated heterocycles. The molecule has 7 heteroatoms. The van der Waals surface area contributed by atoms with E-state index in [2.05, 4.69) is 28.5 Å². The van der Waals surface area contributed by atoms with Gasteiger partial charge in [-0.15, -0.1) is 24.0 Å². The van der Waals surface area contributed by atoms with Gasteiger partial charge >= 0.3 is 0 Å². The van der Waals surface area contributed by atoms with E-state index in [0.717, 1.165) is 49.2 Å². The summed E-state index contributed by atoms with van der Waals surface area (Å²) in [4.78, 5) is 7.21. The Balaban J connectivity index is 0.00000280. The maximum Gasteiger partial charge on any atom is 0.191 e. The van der Waals surface area contributed by atoms with Gasteiger partial charge < -0.3 is 19.8 Å². The second kappa shape index (κ2) is 12.0. The summed E-state index contributed by atoms with van der Waals surface area (Å²) in [6.07, 6.45) is 4.26. The van der Waals surface area contributed by atoms with E-state index >= 15 is 0 Å². The van der Waals surface area contributed by atoms with Crippen LogP contribution in [0.25, 0.3) is 0 Å². The number of nitrogens with one attached hydrogen (secondary N) is 2. The lowest BCUT2D eigenvalue weighted by Gasteiger charge is -2.26. The third-order valence-corrected chi connectivity index (χ3v) is 4.84. The number of hydrogen-bond acceptors (Lipinski definition) is 4. The molecule has 1 aromatic heterocycles. The maximum absolute atomic E-state index is 5.70. The Labute approximate surface area is 184 Å². The fraction of sp³-hybridized carbons (Fsp3) is 0.476. The smallest absolute Gasteiger partial charge is 0.191 e. The number of guanidine groups is 1. The molecule has 0 aliphatic carbocycles. The van der Waals surface area contributed by atoms with Crippen LogP contribution in [0, 0.1) is 0 Å². The molecule has 154 valence electrons. The van der Waals surface area contributed by atoms with Crippen molar-refractivity contribution in [2.75, 3.05) is 33.3 Å². The summed E-state index contributed by atoms with van der Waals surface area (Å²) in [7, 11) is 1.68. The molecule has 0 bridgehead atoms. The van der Waals surface area contributed by atoms with Crippen LogP contribution in [0.3, 0.4) is 0 Å². The Morgan fingerprint density at radius 3 is 2.54 bits per heavy atom. The number of ether oxygens (including phenoxy) is 1. The first-order valence-corrected chi connectivity index (χ1v) is 9.72. The number of benzene rings is 1. The largest absolute Gasteiger partial charge is 0.497 e. The van der Waals surface area contributed by atoms with Gasteiger partial charge in [0.2, 0.25) is 0 Å². The summed E-state index contributed by atoms with van der Waals surface area (Å²) in [5, 5.41) is 6.82. The first-order chi connectivity index (χ1) is 13.3. The van der Waals surface area contributed by atoms with E-state index in [9.17, 15) is 0 Å². The Kier molecular flexibility index (Phi) is 9.63. The molecule has 28 heavy (non-hydrogen) atoms. The van der Waals surface area contributed by atoms with Crippen LogP contribution in [-0.4, -0.2) is 44.1 Å². The van der Waals surface area contributed by atoms with Gasteiger partial charge in [-0.05, 0) is 62.7 Å². The lowest BCUT2D eigenvalue weighted by molar-refractivity contribution is 0.215. The summed E-state index contributed by atoms with van der Waals surface area (Å²) in [5.74, 6) is 2.69. The number of halogens is 1. The SMILES string of the molecule is CCNC(=NCc1ccc(OC)cc1)NCC(c1ccco1)N1CCCC1.I. The summed E-state index contributed by atoms with van der Waals surface area (Å²) in [6, 6.07) is 12.3. The Morgan fingerprint density at radius 1 is 1.18 bits per heavy atom. The van der Waals surface area contributed by atoms with E-state index in [-0.39, 0.29) is 30.0 Å². The summed E-state index contributed by atoms with van der Waals surface area (Å²) >= 11 is 0. The normalized spacial score (nSPS) is 15.7. The Morgan fingerprint density at radius 2 is 1.93 bits per heavy atom. The lowest BCUT2D eigenvalue weighted by atomic mass is 10.2. The van der Waals surface area contributed by atoms with Crippen molar-refractivity contribution in [1.82, 2.24) is 15.5 Å². The number of hydrogen-bond donors (Lipinski definition) is 2. The number of rotatable bonds is 8. The summed E-state index contributed by atoms with van der Waals surface area (Å²) in [5.41, 5.74) is 1.15. The van der Waals surface area contributed by atoms with Gasteiger partial charge in [-0.3, -0.25) is 4.90 Å². The molecule has 2 aromatic rings. The monoisotopic (exact) mass is 498 g/mol. The number of aliphatic imine (C=N–C) groups is 1. The molecule has 1 atom stereocenters. The van der Waals surface area contributed by atoms with Crippen LogP contribution in [-0.2, 0) is 6.54 Å². The number of methoxy groups -OCH3 is 1. The number of furan rings is 1. The molecule has 1 aliphatic heterocycles. The van der Waals surface area contributed by atoms with Crippen molar-refractivity contribution < 1.29 is 9.15 Å². The van der Waals surface area contributed by atoms with Crippen molar-refractivity contribution in [3.05, 3.63) is 54.0 Å². The average molecular weight is 498 g/mol. The zero-order valence-electron chi connectivity index (χ0n) is 16.7. The minimum Gasteiger partial charge on any atom is -0.497 e. The molecule has 6 nitrogen and oxygen atoms in total. The van der Waals surface area contributed by atoms with Crippen molar-refractivity contribution in [2.24, 2.45) is 4.99 Å². The first kappa shape index (κ1) is 22.5. The molecule has 2 N–H and O–H groups in total. The highest BCUT2D eigenvalue weighted by molar-refractivity contribution is 14.0. The molecule has 0 saturated carbocycles. The van der Waals surface area contributed by atoms with E-state index in [1.54, 1.807) is 13.4 Å². The molecule has 1 aromatic carbocycles. The van der Waals surface area contributed by atoms with Crippen molar-refractivity contribution >= 4 is 29.9 Å². The van der Waals surface area contributed by atoms with Gasteiger partial charge in [0.05, 0.1) is 26.0 Å². The maximum atomic E-state index is 5.70. The van der Waals surface area contributed by atoms with Gasteiger partial charge in [0.1, 0.15) is 11.5 Å². The minimum absolute atomic E-state index is 0. The predicted octanol–water partition coefficient (Wildman–Crippen LogP) is 3.80. The van der Waals surface area contributed by atoms with E-state index in [1.165, 1.54) is 12.8 Å². The average Bonchev–Trinajstić information content (AvgIpc) is 3.41. The van der Waals surface area contributed by atoms with Gasteiger partial charge in [0, 0.05) is 13.1 Å². The van der Waals surface area contributed by atoms with E-state index in [1.807, 2.05) is 30.3 Å². The summed E-state index contributed by atoms with van der Waals surface area (Å²) in [6.45, 7) is 6.52. The highest BCUT2D eigenvalue weighted by Crippen LogP contribution is 2.24. The number of likely N-dealkylation sites (tertiary alicyclic amines) is 1. The second-order valence-electron chi connectivity index (χ2n) is 6.70. The fourth-order valence-electron chi connectivity index (χ4n) is 3.38. The van der Waals surface area contributed by atoms with Crippen LogP contribution in [0.5, 0.6) is 5.75 Å². The van der Waals surface area contributed by atoms with Gasteiger partial charge in [0.25, 0.3) is 0 Å². The van der Waals surface area contributed by atoms with E-state index in [4.69, 9.17) is 14.1 Å². The molecular formula is C21H31IN4O2. The van der Waals surface area contributed by atoms with E-state index < -0.39 is 0 Å². The van der Waals surface area contributed by atoms with Gasteiger partial charge in [0.15, 0.2) is 5.96 Å². The van der Waals surface area contributed by atoms with E-state index in [0.29, 0.717) is 6.54 Å². The quantitative estimate of drug-likeness (QED) is 0.330. The topological polar surface area (TPSA) is 62.0 Å². The predicted molar refractivity (Wildman–Crippen MR) is 123 cm³/mol. The van der Waals surface area contributed by atoms with Crippen LogP contribution >= 0.6 is 24.0 Å². The minimum atomic E-state index is 0. The molecular weight excluding hydrogens is 467 g/mol. The van der Waals surface area contributed by atoms with Crippen molar-refractivity contribution in [3.8, 4) is 5.75 Å². The van der Waals surface area contributed by atoms with Crippen LogP contribution in [0.2, 0.25) is 0 Å². The third-order valence-electron chi connectivity index (χ3n) is 4.84. The van der Waals surface area contributed by atoms with Crippen LogP contribution in [0.4, 0.5) is 0 Å². The molecule has 1 fully saturated rings. The zero-order valence-corrected chi connectivity index (χ0v) is 19.0. The third kappa shape index (κ3) is 6.41. The lowest BCUT2D eigenvalue weighted by Crippen LogP contribution is -2.42.